The van der Waals surface area contributed by atoms with E-state index in [9.17, 15) is 4.79 Å². The zero-order valence-corrected chi connectivity index (χ0v) is 21.5. The van der Waals surface area contributed by atoms with Crippen LogP contribution in [0.25, 0.3) is 16.8 Å². The van der Waals surface area contributed by atoms with Gasteiger partial charge in [-0.25, -0.2) is 4.99 Å². The first kappa shape index (κ1) is 26.7. The van der Waals surface area contributed by atoms with E-state index >= 15 is 0 Å². The van der Waals surface area contributed by atoms with Gasteiger partial charge in [-0.3, -0.25) is 15.1 Å². The number of rotatable bonds is 8. The maximum Gasteiger partial charge on any atom is 0.257 e. The van der Waals surface area contributed by atoms with Gasteiger partial charge in [-0.05, 0) is 66.6 Å². The van der Waals surface area contributed by atoms with E-state index in [4.69, 9.17) is 33.7 Å². The fourth-order valence-corrected chi connectivity index (χ4v) is 3.43. The van der Waals surface area contributed by atoms with Gasteiger partial charge in [-0.15, -0.1) is 0 Å². The predicted molar refractivity (Wildman–Crippen MR) is 148 cm³/mol. The van der Waals surface area contributed by atoms with Crippen LogP contribution >= 0.6 is 23.2 Å². The molecule has 36 heavy (non-hydrogen) atoms. The molecule has 6 nitrogen and oxygen atoms in total. The summed E-state index contributed by atoms with van der Waals surface area (Å²) in [6.07, 6.45) is 6.97. The number of nitrogens with two attached hydrogens (primary N) is 1. The van der Waals surface area contributed by atoms with Crippen molar-refractivity contribution >= 4 is 40.6 Å². The molecule has 0 saturated heterocycles. The van der Waals surface area contributed by atoms with Gasteiger partial charge in [-0.2, -0.15) is 0 Å². The predicted octanol–water partition coefficient (Wildman–Crippen LogP) is 6.37. The topological polar surface area (TPSA) is 89.6 Å². The monoisotopic (exact) mass is 520 g/mol. The molecule has 0 aliphatic carbocycles. The molecule has 184 valence electrons. The molecule has 1 heterocycles. The molecule has 1 amide bonds. The number of nitrogens with one attached hydrogen (secondary N) is 1. The lowest BCUT2D eigenvalue weighted by atomic mass is 9.98. The van der Waals surface area contributed by atoms with Crippen LogP contribution in [-0.2, 0) is 6.54 Å². The van der Waals surface area contributed by atoms with E-state index in [-0.39, 0.29) is 18.4 Å². The lowest BCUT2D eigenvalue weighted by Gasteiger charge is -2.12. The third-order valence-electron chi connectivity index (χ3n) is 5.20. The molecule has 0 atom stereocenters. The summed E-state index contributed by atoms with van der Waals surface area (Å²) >= 11 is 12.1. The number of nitrogens with zero attached hydrogens (tertiary/aromatic N) is 2. The van der Waals surface area contributed by atoms with E-state index < -0.39 is 0 Å². The van der Waals surface area contributed by atoms with E-state index in [0.29, 0.717) is 21.4 Å². The van der Waals surface area contributed by atoms with Gasteiger partial charge < -0.3 is 10.5 Å². The quantitative estimate of drug-likeness (QED) is 0.205. The molecule has 0 aliphatic rings. The number of amides is 1. The van der Waals surface area contributed by atoms with Gasteiger partial charge in [0.15, 0.2) is 5.96 Å². The fraction of sp³-hybridized carbons (Fsp3) is 0.107. The Hall–Kier alpha value is -3.87. The summed E-state index contributed by atoms with van der Waals surface area (Å²) in [5.74, 6) is 0.303. The van der Waals surface area contributed by atoms with Crippen LogP contribution in [0.3, 0.4) is 0 Å². The van der Waals surface area contributed by atoms with Crippen molar-refractivity contribution in [3.05, 3.63) is 112 Å². The zero-order chi connectivity index (χ0) is 26.1. The minimum Gasteiger partial charge on any atom is -0.497 e. The van der Waals surface area contributed by atoms with E-state index in [1.54, 1.807) is 49.7 Å². The Kier molecular flexibility index (Phi) is 9.45. The molecule has 1 aromatic heterocycles. The Bertz CT molecular complexity index is 1330. The number of guanidine groups is 1. The Morgan fingerprint density at radius 2 is 1.86 bits per heavy atom. The van der Waals surface area contributed by atoms with Gasteiger partial charge in [0, 0.05) is 32.9 Å². The molecule has 3 aromatic rings. The number of aliphatic imine (C=N–C) groups is 1. The molecule has 3 N–H and O–H groups in total. The average molecular weight is 521 g/mol. The lowest BCUT2D eigenvalue weighted by Crippen LogP contribution is -2.36. The molecule has 8 heteroatoms. The Morgan fingerprint density at radius 3 is 2.50 bits per heavy atom. The minimum atomic E-state index is -0.361. The van der Waals surface area contributed by atoms with Crippen LogP contribution in [0.2, 0.25) is 5.02 Å². The molecular weight excluding hydrogens is 495 g/mol. The smallest absolute Gasteiger partial charge is 0.257 e. The highest BCUT2D eigenvalue weighted by atomic mass is 35.5. The van der Waals surface area contributed by atoms with Gasteiger partial charge >= 0.3 is 0 Å². The number of hydrogen-bond donors (Lipinski definition) is 2. The summed E-state index contributed by atoms with van der Waals surface area (Å²) in [7, 11) is 1.56. The number of aromatic nitrogens is 1. The molecule has 0 bridgehead atoms. The van der Waals surface area contributed by atoms with Gasteiger partial charge in [0.2, 0.25) is 0 Å². The molecule has 0 saturated carbocycles. The SMILES string of the molecule is C=C/C(Cl)=C\C=C(/C)c1cc(CN=C(N)NC(=O)c2ccc(OC)cc2)cnc1-c1ccc(Cl)cc1. The van der Waals surface area contributed by atoms with Crippen LogP contribution in [0.1, 0.15) is 28.4 Å². The lowest BCUT2D eigenvalue weighted by molar-refractivity contribution is 0.0976. The molecule has 2 aromatic carbocycles. The highest BCUT2D eigenvalue weighted by Crippen LogP contribution is 2.29. The van der Waals surface area contributed by atoms with Crippen molar-refractivity contribution in [2.24, 2.45) is 10.7 Å². The average Bonchev–Trinajstić information content (AvgIpc) is 2.90. The molecule has 3 rings (SSSR count). The van der Waals surface area contributed by atoms with Crippen molar-refractivity contribution in [2.45, 2.75) is 13.5 Å². The first-order chi connectivity index (χ1) is 17.3. The fourth-order valence-electron chi connectivity index (χ4n) is 3.24. The standard InChI is InChI=1S/C28H26Cl2N4O2/c1-4-22(29)10-5-18(2)25-15-19(16-32-26(25)20-6-11-23(30)12-7-20)17-33-28(31)34-27(35)21-8-13-24(36-3)14-9-21/h4-16H,1,17H2,2-3H3,(H3,31,33,34,35)/b18-5+,22-10+. The Morgan fingerprint density at radius 1 is 1.17 bits per heavy atom. The Labute approximate surface area is 220 Å². The van der Waals surface area contributed by atoms with Crippen LogP contribution < -0.4 is 15.8 Å². The number of methoxy groups -OCH3 is 1. The molecule has 0 unspecified atom stereocenters. The molecule has 0 fully saturated rings. The first-order valence-electron chi connectivity index (χ1n) is 11.0. The van der Waals surface area contributed by atoms with Crippen LogP contribution in [0.5, 0.6) is 5.75 Å². The molecule has 0 spiro atoms. The summed E-state index contributed by atoms with van der Waals surface area (Å²) in [6, 6.07) is 16.2. The van der Waals surface area contributed by atoms with Crippen LogP contribution in [0.15, 0.2) is 95.6 Å². The van der Waals surface area contributed by atoms with Gasteiger partial charge in [0.1, 0.15) is 5.75 Å². The van der Waals surface area contributed by atoms with Crippen LogP contribution in [0, 0.1) is 0 Å². The summed E-state index contributed by atoms with van der Waals surface area (Å²) in [5.41, 5.74) is 10.8. The van der Waals surface area contributed by atoms with Crippen LogP contribution in [0.4, 0.5) is 0 Å². The Balaban J connectivity index is 1.85. The second kappa shape index (κ2) is 12.7. The number of halogens is 2. The van der Waals surface area contributed by atoms with Crippen molar-refractivity contribution in [2.75, 3.05) is 7.11 Å². The highest BCUT2D eigenvalue weighted by Gasteiger charge is 2.11. The van der Waals surface area contributed by atoms with Crippen molar-refractivity contribution in [3.8, 4) is 17.0 Å². The maximum absolute atomic E-state index is 12.4. The number of pyridine rings is 1. The number of benzene rings is 2. The largest absolute Gasteiger partial charge is 0.497 e. The van der Waals surface area contributed by atoms with E-state index in [1.165, 1.54) is 0 Å². The third kappa shape index (κ3) is 7.31. The van der Waals surface area contributed by atoms with Crippen molar-refractivity contribution in [1.82, 2.24) is 10.3 Å². The maximum atomic E-state index is 12.4. The number of carbonyl (C=O) groups excluding carboxylic acids is 1. The van der Waals surface area contributed by atoms with Gasteiger partial charge in [0.05, 0.1) is 19.3 Å². The molecule has 0 radical (unpaired) electrons. The third-order valence-corrected chi connectivity index (χ3v) is 5.73. The van der Waals surface area contributed by atoms with E-state index in [0.717, 1.165) is 28.0 Å². The second-order valence-electron chi connectivity index (χ2n) is 7.74. The number of ether oxygens (including phenoxy) is 1. The number of hydrogen-bond acceptors (Lipinski definition) is 4. The first-order valence-corrected chi connectivity index (χ1v) is 11.7. The van der Waals surface area contributed by atoms with Gasteiger partial charge in [0.25, 0.3) is 5.91 Å². The van der Waals surface area contributed by atoms with Crippen LogP contribution in [-0.4, -0.2) is 24.0 Å². The summed E-state index contributed by atoms with van der Waals surface area (Å²) in [6.45, 7) is 5.87. The molecule has 0 aliphatic heterocycles. The summed E-state index contributed by atoms with van der Waals surface area (Å²) < 4.78 is 5.11. The highest BCUT2D eigenvalue weighted by molar-refractivity contribution is 6.31. The number of allylic oxidation sites excluding steroid dienone is 5. The normalized spacial score (nSPS) is 12.3. The number of carbonyl (C=O) groups is 1. The summed E-state index contributed by atoms with van der Waals surface area (Å²) in [4.78, 5) is 21.4. The second-order valence-corrected chi connectivity index (χ2v) is 8.61. The zero-order valence-electron chi connectivity index (χ0n) is 20.0. The van der Waals surface area contributed by atoms with E-state index in [1.807, 2.05) is 43.3 Å². The van der Waals surface area contributed by atoms with Crippen molar-refractivity contribution < 1.29 is 9.53 Å². The minimum absolute atomic E-state index is 0.00658. The van der Waals surface area contributed by atoms with Crippen molar-refractivity contribution in [3.63, 3.8) is 0 Å². The van der Waals surface area contributed by atoms with Crippen molar-refractivity contribution in [1.29, 1.82) is 0 Å². The summed E-state index contributed by atoms with van der Waals surface area (Å²) in [5, 5.41) is 3.76. The van der Waals surface area contributed by atoms with E-state index in [2.05, 4.69) is 21.9 Å². The molecular formula is C28H26Cl2N4O2. The van der Waals surface area contributed by atoms with Gasteiger partial charge in [-0.1, -0.05) is 54.1 Å².